The second-order valence-electron chi connectivity index (χ2n) is 6.96. The van der Waals surface area contributed by atoms with Gasteiger partial charge in [0.15, 0.2) is 5.82 Å². The SMILES string of the molecule is c1ccc(CCn2cc(-c3ncc(C4CC4)cn3)c3cccnc32)cc1. The summed E-state index contributed by atoms with van der Waals surface area (Å²) in [5.41, 5.74) is 4.65. The zero-order valence-electron chi connectivity index (χ0n) is 14.5. The van der Waals surface area contributed by atoms with Gasteiger partial charge in [0, 0.05) is 42.3 Å². The van der Waals surface area contributed by atoms with E-state index in [0.717, 1.165) is 35.4 Å². The van der Waals surface area contributed by atoms with Crippen molar-refractivity contribution in [2.45, 2.75) is 31.7 Å². The third-order valence-corrected chi connectivity index (χ3v) is 5.08. The van der Waals surface area contributed by atoms with Crippen molar-refractivity contribution in [3.63, 3.8) is 0 Å². The minimum Gasteiger partial charge on any atom is -0.331 e. The van der Waals surface area contributed by atoms with Gasteiger partial charge < -0.3 is 4.57 Å². The van der Waals surface area contributed by atoms with Gasteiger partial charge in [-0.1, -0.05) is 30.3 Å². The molecule has 4 nitrogen and oxygen atoms in total. The number of benzene rings is 1. The number of nitrogens with zero attached hydrogens (tertiary/aromatic N) is 4. The molecule has 0 aliphatic heterocycles. The number of rotatable bonds is 5. The number of hydrogen-bond acceptors (Lipinski definition) is 3. The van der Waals surface area contributed by atoms with Gasteiger partial charge in [0.05, 0.1) is 0 Å². The molecule has 1 aliphatic carbocycles. The van der Waals surface area contributed by atoms with E-state index in [9.17, 15) is 0 Å². The normalized spacial score (nSPS) is 14.0. The van der Waals surface area contributed by atoms with Crippen LogP contribution in [0.25, 0.3) is 22.4 Å². The molecule has 0 amide bonds. The molecule has 4 aromatic rings. The van der Waals surface area contributed by atoms with Crippen molar-refractivity contribution in [2.75, 3.05) is 0 Å². The van der Waals surface area contributed by atoms with Crippen molar-refractivity contribution < 1.29 is 0 Å². The molecule has 1 saturated carbocycles. The molecule has 1 aliphatic rings. The van der Waals surface area contributed by atoms with Crippen molar-refractivity contribution in [3.05, 3.63) is 78.4 Å². The van der Waals surface area contributed by atoms with E-state index < -0.39 is 0 Å². The van der Waals surface area contributed by atoms with E-state index in [4.69, 9.17) is 0 Å². The largest absolute Gasteiger partial charge is 0.331 e. The summed E-state index contributed by atoms with van der Waals surface area (Å²) in [5, 5.41) is 1.11. The number of aromatic nitrogens is 4. The minimum absolute atomic E-state index is 0.679. The Balaban J connectivity index is 1.49. The van der Waals surface area contributed by atoms with E-state index in [1.54, 1.807) is 0 Å². The van der Waals surface area contributed by atoms with E-state index >= 15 is 0 Å². The monoisotopic (exact) mass is 340 g/mol. The quantitative estimate of drug-likeness (QED) is 0.533. The molecule has 3 aromatic heterocycles. The smallest absolute Gasteiger partial charge is 0.161 e. The summed E-state index contributed by atoms with van der Waals surface area (Å²) in [7, 11) is 0. The topological polar surface area (TPSA) is 43.6 Å². The first-order chi connectivity index (χ1) is 12.9. The van der Waals surface area contributed by atoms with Crippen molar-refractivity contribution in [2.24, 2.45) is 0 Å². The Morgan fingerprint density at radius 2 is 1.73 bits per heavy atom. The first-order valence-corrected chi connectivity index (χ1v) is 9.18. The molecule has 1 aromatic carbocycles. The lowest BCUT2D eigenvalue weighted by Crippen LogP contribution is -2.00. The van der Waals surface area contributed by atoms with Gasteiger partial charge in [-0.25, -0.2) is 15.0 Å². The van der Waals surface area contributed by atoms with Crippen molar-refractivity contribution in [3.8, 4) is 11.4 Å². The fourth-order valence-electron chi connectivity index (χ4n) is 3.47. The van der Waals surface area contributed by atoms with Crippen LogP contribution in [0.4, 0.5) is 0 Å². The summed E-state index contributed by atoms with van der Waals surface area (Å²) in [6, 6.07) is 14.6. The Hall–Kier alpha value is -3.01. The molecule has 0 spiro atoms. The molecule has 0 saturated heterocycles. The third-order valence-electron chi connectivity index (χ3n) is 5.08. The Bertz CT molecular complexity index is 1030. The van der Waals surface area contributed by atoms with Gasteiger partial charge >= 0.3 is 0 Å². The van der Waals surface area contributed by atoms with Crippen molar-refractivity contribution in [1.29, 1.82) is 0 Å². The fraction of sp³-hybridized carbons (Fsp3) is 0.227. The lowest BCUT2D eigenvalue weighted by molar-refractivity contribution is 0.716. The van der Waals surface area contributed by atoms with E-state index in [1.807, 2.05) is 24.7 Å². The highest BCUT2D eigenvalue weighted by atomic mass is 15.0. The highest BCUT2D eigenvalue weighted by molar-refractivity contribution is 5.92. The lowest BCUT2D eigenvalue weighted by atomic mass is 10.1. The predicted octanol–water partition coefficient (Wildman–Crippen LogP) is 4.61. The maximum absolute atomic E-state index is 4.64. The summed E-state index contributed by atoms with van der Waals surface area (Å²) >= 11 is 0. The average molecular weight is 340 g/mol. The van der Waals surface area contributed by atoms with Crippen LogP contribution < -0.4 is 0 Å². The zero-order chi connectivity index (χ0) is 17.3. The average Bonchev–Trinajstić information content (AvgIpc) is 3.49. The summed E-state index contributed by atoms with van der Waals surface area (Å²) < 4.78 is 2.22. The first kappa shape index (κ1) is 15.3. The molecule has 4 heteroatoms. The molecule has 5 rings (SSSR count). The van der Waals surface area contributed by atoms with Gasteiger partial charge in [0.1, 0.15) is 5.65 Å². The van der Waals surface area contributed by atoms with Gasteiger partial charge in [0.2, 0.25) is 0 Å². The Morgan fingerprint density at radius 1 is 0.923 bits per heavy atom. The van der Waals surface area contributed by atoms with E-state index in [-0.39, 0.29) is 0 Å². The minimum atomic E-state index is 0.679. The number of aryl methyl sites for hydroxylation is 2. The van der Waals surface area contributed by atoms with Crippen LogP contribution in [-0.4, -0.2) is 19.5 Å². The Kier molecular flexibility index (Phi) is 3.74. The van der Waals surface area contributed by atoms with Crippen LogP contribution in [0.1, 0.15) is 29.9 Å². The highest BCUT2D eigenvalue weighted by Gasteiger charge is 2.24. The van der Waals surface area contributed by atoms with Crippen LogP contribution in [0.5, 0.6) is 0 Å². The van der Waals surface area contributed by atoms with Crippen LogP contribution in [0.15, 0.2) is 67.3 Å². The standard InChI is InChI=1S/C22H20N4/c1-2-5-16(6-3-1)10-12-26-15-20(19-7-4-11-23-22(19)26)21-24-13-18(14-25-21)17-8-9-17/h1-7,11,13-15,17H,8-10,12H2. The maximum Gasteiger partial charge on any atom is 0.161 e. The zero-order valence-corrected chi connectivity index (χ0v) is 14.5. The molecular formula is C22H20N4. The molecule has 0 bridgehead atoms. The first-order valence-electron chi connectivity index (χ1n) is 9.18. The molecule has 128 valence electrons. The number of pyridine rings is 1. The second-order valence-corrected chi connectivity index (χ2v) is 6.96. The molecule has 26 heavy (non-hydrogen) atoms. The highest BCUT2D eigenvalue weighted by Crippen LogP contribution is 2.39. The lowest BCUT2D eigenvalue weighted by Gasteiger charge is -2.04. The van der Waals surface area contributed by atoms with Crippen LogP contribution in [0.3, 0.4) is 0 Å². The maximum atomic E-state index is 4.64. The van der Waals surface area contributed by atoms with Crippen LogP contribution in [0, 0.1) is 0 Å². The molecule has 1 fully saturated rings. The molecule has 0 N–H and O–H groups in total. The Morgan fingerprint density at radius 3 is 2.50 bits per heavy atom. The second kappa shape index (κ2) is 6.37. The van der Waals surface area contributed by atoms with Gasteiger partial charge in [0.25, 0.3) is 0 Å². The summed E-state index contributed by atoms with van der Waals surface area (Å²) in [6.07, 6.45) is 11.5. The van der Waals surface area contributed by atoms with E-state index in [0.29, 0.717) is 5.92 Å². The molecular weight excluding hydrogens is 320 g/mol. The van der Waals surface area contributed by atoms with Gasteiger partial charge in [-0.05, 0) is 48.4 Å². The van der Waals surface area contributed by atoms with E-state index in [2.05, 4.69) is 62.1 Å². The fourth-order valence-corrected chi connectivity index (χ4v) is 3.47. The van der Waals surface area contributed by atoms with Crippen molar-refractivity contribution in [1.82, 2.24) is 19.5 Å². The van der Waals surface area contributed by atoms with Gasteiger partial charge in [-0.2, -0.15) is 0 Å². The summed E-state index contributed by atoms with van der Waals surface area (Å²) in [5.74, 6) is 1.46. The Labute approximate surface area is 152 Å². The van der Waals surface area contributed by atoms with Gasteiger partial charge in [-0.3, -0.25) is 0 Å². The number of fused-ring (bicyclic) bond motifs is 1. The van der Waals surface area contributed by atoms with Crippen molar-refractivity contribution >= 4 is 11.0 Å². The predicted molar refractivity (Wildman–Crippen MR) is 103 cm³/mol. The molecule has 3 heterocycles. The molecule has 0 unspecified atom stereocenters. The number of hydrogen-bond donors (Lipinski definition) is 0. The van der Waals surface area contributed by atoms with Crippen LogP contribution in [-0.2, 0) is 13.0 Å². The van der Waals surface area contributed by atoms with Gasteiger partial charge in [-0.15, -0.1) is 0 Å². The molecule has 0 atom stereocenters. The summed E-state index contributed by atoms with van der Waals surface area (Å²) in [4.78, 5) is 13.9. The van der Waals surface area contributed by atoms with Crippen LogP contribution >= 0.6 is 0 Å². The van der Waals surface area contributed by atoms with Crippen LogP contribution in [0.2, 0.25) is 0 Å². The summed E-state index contributed by atoms with van der Waals surface area (Å²) in [6.45, 7) is 0.887. The van der Waals surface area contributed by atoms with E-state index in [1.165, 1.54) is 24.0 Å². The third kappa shape index (κ3) is 2.88. The molecule has 0 radical (unpaired) electrons.